The quantitative estimate of drug-likeness (QED) is 0.587. The number of hydrogen-bond donors (Lipinski definition) is 1. The lowest BCUT2D eigenvalue weighted by Crippen LogP contribution is -2.13. The van der Waals surface area contributed by atoms with Crippen molar-refractivity contribution in [2.24, 2.45) is 0 Å². The summed E-state index contributed by atoms with van der Waals surface area (Å²) in [7, 11) is 0. The first-order chi connectivity index (χ1) is 10.6. The minimum atomic E-state index is -0.969. The Kier molecular flexibility index (Phi) is 2.56. The molecule has 0 radical (unpaired) electrons. The summed E-state index contributed by atoms with van der Waals surface area (Å²) < 4.78 is 27.7. The zero-order valence-corrected chi connectivity index (χ0v) is 11.0. The molecule has 2 aromatic heterocycles. The van der Waals surface area contributed by atoms with Gasteiger partial charge in [0.1, 0.15) is 0 Å². The maximum Gasteiger partial charge on any atom is 0.364 e. The van der Waals surface area contributed by atoms with Crippen LogP contribution in [-0.4, -0.2) is 19.8 Å². The molecule has 0 saturated heterocycles. The molecule has 2 aromatic carbocycles. The minimum Gasteiger partial charge on any atom is -0.244 e. The first-order valence-corrected chi connectivity index (χ1v) is 6.47. The number of nitrogens with zero attached hydrogens (tertiary/aromatic N) is 3. The van der Waals surface area contributed by atoms with Crippen molar-refractivity contribution in [1.82, 2.24) is 19.8 Å². The van der Waals surface area contributed by atoms with Gasteiger partial charge in [-0.2, -0.15) is 14.7 Å². The zero-order chi connectivity index (χ0) is 15.3. The molecule has 0 fully saturated rings. The summed E-state index contributed by atoms with van der Waals surface area (Å²) in [6.07, 6.45) is 0. The van der Waals surface area contributed by atoms with Gasteiger partial charge in [-0.25, -0.2) is 18.7 Å². The molecular weight excluding hydrogens is 290 g/mol. The molecule has 0 aliphatic carbocycles. The molecular formula is C15H8F2N4O. The van der Waals surface area contributed by atoms with Crippen LogP contribution in [-0.2, 0) is 0 Å². The number of nitrogens with one attached hydrogen (secondary N) is 1. The van der Waals surface area contributed by atoms with Gasteiger partial charge in [-0.3, -0.25) is 0 Å². The van der Waals surface area contributed by atoms with Crippen LogP contribution in [0.2, 0.25) is 0 Å². The number of fused-ring (bicyclic) bond motifs is 3. The summed E-state index contributed by atoms with van der Waals surface area (Å²) in [4.78, 5) is 11.8. The Morgan fingerprint density at radius 1 is 1.00 bits per heavy atom. The van der Waals surface area contributed by atoms with Crippen LogP contribution in [0, 0.1) is 11.6 Å². The third-order valence-electron chi connectivity index (χ3n) is 3.47. The second kappa shape index (κ2) is 4.45. The molecule has 0 atom stereocenters. The Balaban J connectivity index is 2.16. The van der Waals surface area contributed by atoms with E-state index in [0.29, 0.717) is 27.7 Å². The van der Waals surface area contributed by atoms with Crippen LogP contribution in [0.4, 0.5) is 8.78 Å². The number of hydrogen-bond acceptors (Lipinski definition) is 3. The molecule has 0 amide bonds. The molecule has 1 N–H and O–H groups in total. The molecule has 5 nitrogen and oxygen atoms in total. The summed E-state index contributed by atoms with van der Waals surface area (Å²) in [5.41, 5.74) is 0.645. The molecule has 0 aliphatic rings. The fraction of sp³-hybridized carbons (Fsp3) is 0. The predicted molar refractivity (Wildman–Crippen MR) is 76.5 cm³/mol. The normalized spacial score (nSPS) is 11.4. The number of rotatable bonds is 1. The van der Waals surface area contributed by atoms with Crippen molar-refractivity contribution in [3.63, 3.8) is 0 Å². The van der Waals surface area contributed by atoms with E-state index >= 15 is 0 Å². The first-order valence-electron chi connectivity index (χ1n) is 6.47. The van der Waals surface area contributed by atoms with Crippen molar-refractivity contribution in [2.45, 2.75) is 0 Å². The van der Waals surface area contributed by atoms with Gasteiger partial charge >= 0.3 is 5.69 Å². The van der Waals surface area contributed by atoms with Crippen molar-refractivity contribution >= 4 is 16.4 Å². The standard InChI is InChI=1S/C15H8F2N4O/c16-11-6-5-8(7-12(11)17)13-9-3-1-2-4-10(9)14-18-19-15(22)21(14)20-13/h1-7H,(H,19,22). The molecule has 0 saturated carbocycles. The zero-order valence-electron chi connectivity index (χ0n) is 11.0. The number of aromatic amines is 1. The topological polar surface area (TPSA) is 63.0 Å². The maximum absolute atomic E-state index is 13.5. The molecule has 4 aromatic rings. The first kappa shape index (κ1) is 12.6. The molecule has 7 heteroatoms. The fourth-order valence-electron chi connectivity index (χ4n) is 2.45. The summed E-state index contributed by atoms with van der Waals surface area (Å²) >= 11 is 0. The van der Waals surface area contributed by atoms with Gasteiger partial charge in [0, 0.05) is 16.3 Å². The average molecular weight is 298 g/mol. The average Bonchev–Trinajstić information content (AvgIpc) is 2.91. The number of H-pyrrole nitrogens is 1. The second-order valence-corrected chi connectivity index (χ2v) is 4.79. The van der Waals surface area contributed by atoms with E-state index in [0.717, 1.165) is 16.6 Å². The highest BCUT2D eigenvalue weighted by Gasteiger charge is 2.14. The van der Waals surface area contributed by atoms with Crippen LogP contribution in [0.15, 0.2) is 47.3 Å². The largest absolute Gasteiger partial charge is 0.364 e. The third-order valence-corrected chi connectivity index (χ3v) is 3.47. The van der Waals surface area contributed by atoms with Gasteiger partial charge in [0.15, 0.2) is 17.3 Å². The third kappa shape index (κ3) is 1.72. The van der Waals surface area contributed by atoms with E-state index in [9.17, 15) is 13.6 Å². The van der Waals surface area contributed by atoms with Crippen molar-refractivity contribution in [3.8, 4) is 11.3 Å². The van der Waals surface area contributed by atoms with Crippen LogP contribution >= 0.6 is 0 Å². The van der Waals surface area contributed by atoms with Gasteiger partial charge in [0.25, 0.3) is 0 Å². The van der Waals surface area contributed by atoms with Gasteiger partial charge in [0.05, 0.1) is 5.69 Å². The molecule has 0 unspecified atom stereocenters. The van der Waals surface area contributed by atoms with E-state index in [1.54, 1.807) is 24.3 Å². The Labute approximate surface area is 121 Å². The smallest absolute Gasteiger partial charge is 0.244 e. The van der Waals surface area contributed by atoms with Gasteiger partial charge in [-0.05, 0) is 18.2 Å². The van der Waals surface area contributed by atoms with Crippen molar-refractivity contribution in [1.29, 1.82) is 0 Å². The predicted octanol–water partition coefficient (Wildman–Crippen LogP) is 2.52. The molecule has 0 aliphatic heterocycles. The van der Waals surface area contributed by atoms with Gasteiger partial charge in [0.2, 0.25) is 0 Å². The lowest BCUT2D eigenvalue weighted by Gasteiger charge is -2.07. The SMILES string of the molecule is O=c1[nH]nc2c3ccccc3c(-c3ccc(F)c(F)c3)nn12. The van der Waals surface area contributed by atoms with Crippen molar-refractivity contribution in [2.75, 3.05) is 0 Å². The van der Waals surface area contributed by atoms with Crippen LogP contribution in [0.25, 0.3) is 27.7 Å². The van der Waals surface area contributed by atoms with E-state index in [4.69, 9.17) is 0 Å². The van der Waals surface area contributed by atoms with Crippen LogP contribution in [0.1, 0.15) is 0 Å². The number of aromatic nitrogens is 4. The maximum atomic E-state index is 13.5. The summed E-state index contributed by atoms with van der Waals surface area (Å²) in [6, 6.07) is 10.7. The summed E-state index contributed by atoms with van der Waals surface area (Å²) in [5, 5.41) is 11.9. The van der Waals surface area contributed by atoms with E-state index in [-0.39, 0.29) is 0 Å². The van der Waals surface area contributed by atoms with E-state index in [1.165, 1.54) is 6.07 Å². The summed E-state index contributed by atoms with van der Waals surface area (Å²) in [5.74, 6) is -1.90. The van der Waals surface area contributed by atoms with Crippen LogP contribution < -0.4 is 5.69 Å². The second-order valence-electron chi connectivity index (χ2n) is 4.79. The Morgan fingerprint density at radius 3 is 2.55 bits per heavy atom. The number of benzene rings is 2. The highest BCUT2D eigenvalue weighted by molar-refractivity contribution is 6.01. The molecule has 22 heavy (non-hydrogen) atoms. The molecule has 108 valence electrons. The highest BCUT2D eigenvalue weighted by atomic mass is 19.2. The lowest BCUT2D eigenvalue weighted by molar-refractivity contribution is 0.509. The van der Waals surface area contributed by atoms with Gasteiger partial charge in [-0.15, -0.1) is 0 Å². The van der Waals surface area contributed by atoms with E-state index < -0.39 is 17.3 Å². The molecule has 0 spiro atoms. The molecule has 0 bridgehead atoms. The molecule has 2 heterocycles. The van der Waals surface area contributed by atoms with Gasteiger partial charge in [-0.1, -0.05) is 24.3 Å². The van der Waals surface area contributed by atoms with E-state index in [2.05, 4.69) is 15.3 Å². The molecule has 4 rings (SSSR count). The minimum absolute atomic E-state index is 0.380. The summed E-state index contributed by atoms with van der Waals surface area (Å²) in [6.45, 7) is 0. The fourth-order valence-corrected chi connectivity index (χ4v) is 2.45. The Bertz CT molecular complexity index is 1080. The van der Waals surface area contributed by atoms with Crippen molar-refractivity contribution < 1.29 is 8.78 Å². The van der Waals surface area contributed by atoms with Crippen LogP contribution in [0.5, 0.6) is 0 Å². The van der Waals surface area contributed by atoms with Crippen molar-refractivity contribution in [3.05, 3.63) is 64.6 Å². The van der Waals surface area contributed by atoms with Gasteiger partial charge < -0.3 is 0 Å². The Hall–Kier alpha value is -3.09. The Morgan fingerprint density at radius 2 is 1.77 bits per heavy atom. The number of halogens is 2. The van der Waals surface area contributed by atoms with Crippen LogP contribution in [0.3, 0.4) is 0 Å². The highest BCUT2D eigenvalue weighted by Crippen LogP contribution is 2.28. The monoisotopic (exact) mass is 298 g/mol. The van der Waals surface area contributed by atoms with E-state index in [1.807, 2.05) is 0 Å². The lowest BCUT2D eigenvalue weighted by atomic mass is 10.0.